The van der Waals surface area contributed by atoms with Gasteiger partial charge in [0.25, 0.3) is 0 Å². The second-order valence-electron chi connectivity index (χ2n) is 3.53. The van der Waals surface area contributed by atoms with Crippen LogP contribution in [-0.4, -0.2) is 18.6 Å². The van der Waals surface area contributed by atoms with Crippen LogP contribution in [0.5, 0.6) is 5.75 Å². The monoisotopic (exact) mass is 280 g/mol. The molecule has 102 valence electrons. The lowest BCUT2D eigenvalue weighted by Gasteiger charge is -2.08. The molecule has 0 fully saturated rings. The standard InChI is InChI=1S/C11H14F2N2O2.ClH/c1-7(14)10(16)15-6-8-2-4-9(5-3-8)17-11(12)13;/h2-5,7,11H,6,14H2,1H3,(H,15,16);1H/t7-;/m0./s1. The molecule has 0 radical (unpaired) electrons. The predicted molar refractivity (Wildman–Crippen MR) is 65.8 cm³/mol. The number of amides is 1. The fraction of sp³-hybridized carbons (Fsp3) is 0.364. The number of hydrogen-bond donors (Lipinski definition) is 2. The van der Waals surface area contributed by atoms with Crippen molar-refractivity contribution in [3.8, 4) is 5.75 Å². The van der Waals surface area contributed by atoms with E-state index >= 15 is 0 Å². The van der Waals surface area contributed by atoms with Crippen LogP contribution in [0.25, 0.3) is 0 Å². The molecule has 1 amide bonds. The van der Waals surface area contributed by atoms with Crippen LogP contribution in [0, 0.1) is 0 Å². The maximum atomic E-state index is 11.9. The van der Waals surface area contributed by atoms with E-state index in [0.29, 0.717) is 6.54 Å². The number of hydrogen-bond acceptors (Lipinski definition) is 3. The third kappa shape index (κ3) is 5.79. The van der Waals surface area contributed by atoms with E-state index in [2.05, 4.69) is 10.1 Å². The van der Waals surface area contributed by atoms with Gasteiger partial charge in [-0.05, 0) is 24.6 Å². The van der Waals surface area contributed by atoms with Gasteiger partial charge in [0.1, 0.15) is 5.75 Å². The van der Waals surface area contributed by atoms with Crippen LogP contribution < -0.4 is 15.8 Å². The van der Waals surface area contributed by atoms with Crippen LogP contribution in [0.4, 0.5) is 8.78 Å². The van der Waals surface area contributed by atoms with Gasteiger partial charge < -0.3 is 15.8 Å². The first-order chi connectivity index (χ1) is 7.99. The van der Waals surface area contributed by atoms with Gasteiger partial charge in [0.15, 0.2) is 0 Å². The van der Waals surface area contributed by atoms with E-state index < -0.39 is 12.7 Å². The zero-order valence-corrected chi connectivity index (χ0v) is 10.5. The van der Waals surface area contributed by atoms with Crippen molar-refractivity contribution in [1.29, 1.82) is 0 Å². The topological polar surface area (TPSA) is 64.4 Å². The fourth-order valence-electron chi connectivity index (χ4n) is 1.14. The molecule has 1 aromatic carbocycles. The molecule has 0 saturated carbocycles. The van der Waals surface area contributed by atoms with E-state index in [4.69, 9.17) is 5.73 Å². The van der Waals surface area contributed by atoms with Crippen molar-refractivity contribution in [2.24, 2.45) is 5.73 Å². The highest BCUT2D eigenvalue weighted by Gasteiger charge is 2.07. The molecular formula is C11H15ClF2N2O2. The lowest BCUT2D eigenvalue weighted by molar-refractivity contribution is -0.122. The lowest BCUT2D eigenvalue weighted by atomic mass is 10.2. The first kappa shape index (κ1) is 16.6. The van der Waals surface area contributed by atoms with Crippen molar-refractivity contribution < 1.29 is 18.3 Å². The molecule has 1 rings (SSSR count). The number of nitrogens with two attached hydrogens (primary N) is 1. The molecule has 0 aliphatic carbocycles. The Morgan fingerprint density at radius 1 is 1.39 bits per heavy atom. The molecule has 1 atom stereocenters. The summed E-state index contributed by atoms with van der Waals surface area (Å²) in [5, 5.41) is 2.61. The largest absolute Gasteiger partial charge is 0.435 e. The molecule has 0 unspecified atom stereocenters. The minimum Gasteiger partial charge on any atom is -0.435 e. The Balaban J connectivity index is 0.00000289. The Morgan fingerprint density at radius 3 is 2.39 bits per heavy atom. The maximum Gasteiger partial charge on any atom is 0.387 e. The Kier molecular flexibility index (Phi) is 7.23. The molecule has 0 aliphatic heterocycles. The minimum absolute atomic E-state index is 0. The first-order valence-electron chi connectivity index (χ1n) is 5.06. The third-order valence-corrected chi connectivity index (χ3v) is 2.03. The summed E-state index contributed by atoms with van der Waals surface area (Å²) in [6.07, 6.45) is 0. The van der Waals surface area contributed by atoms with Crippen molar-refractivity contribution in [1.82, 2.24) is 5.32 Å². The maximum absolute atomic E-state index is 11.9. The van der Waals surface area contributed by atoms with E-state index in [9.17, 15) is 13.6 Å². The van der Waals surface area contributed by atoms with Gasteiger partial charge in [0.2, 0.25) is 5.91 Å². The Morgan fingerprint density at radius 2 is 1.94 bits per heavy atom. The predicted octanol–water partition coefficient (Wildman–Crippen LogP) is 1.67. The molecule has 0 spiro atoms. The molecule has 7 heteroatoms. The first-order valence-corrected chi connectivity index (χ1v) is 5.06. The SMILES string of the molecule is C[C@H](N)C(=O)NCc1ccc(OC(F)F)cc1.Cl. The van der Waals surface area contributed by atoms with Crippen molar-refractivity contribution in [2.45, 2.75) is 26.1 Å². The van der Waals surface area contributed by atoms with Gasteiger partial charge in [0, 0.05) is 6.54 Å². The zero-order chi connectivity index (χ0) is 12.8. The smallest absolute Gasteiger partial charge is 0.387 e. The molecule has 3 N–H and O–H groups in total. The normalized spacial score (nSPS) is 11.6. The Bertz CT molecular complexity index is 372. The van der Waals surface area contributed by atoms with Crippen LogP contribution in [0.1, 0.15) is 12.5 Å². The van der Waals surface area contributed by atoms with Crippen molar-refractivity contribution in [3.05, 3.63) is 29.8 Å². The molecule has 0 aromatic heterocycles. The van der Waals surface area contributed by atoms with Crippen molar-refractivity contribution in [3.63, 3.8) is 0 Å². The number of alkyl halides is 2. The molecule has 4 nitrogen and oxygen atoms in total. The minimum atomic E-state index is -2.83. The van der Waals surface area contributed by atoms with Gasteiger partial charge in [-0.15, -0.1) is 12.4 Å². The van der Waals surface area contributed by atoms with Crippen LogP contribution >= 0.6 is 12.4 Å². The quantitative estimate of drug-likeness (QED) is 0.862. The van der Waals surface area contributed by atoms with Gasteiger partial charge in [-0.2, -0.15) is 8.78 Å². The molecule has 0 saturated heterocycles. The van der Waals surface area contributed by atoms with Gasteiger partial charge in [-0.25, -0.2) is 0 Å². The molecule has 18 heavy (non-hydrogen) atoms. The zero-order valence-electron chi connectivity index (χ0n) is 9.73. The second-order valence-corrected chi connectivity index (χ2v) is 3.53. The number of carbonyl (C=O) groups is 1. The van der Waals surface area contributed by atoms with Gasteiger partial charge in [-0.3, -0.25) is 4.79 Å². The van der Waals surface area contributed by atoms with Gasteiger partial charge in [0.05, 0.1) is 6.04 Å². The summed E-state index contributed by atoms with van der Waals surface area (Å²) < 4.78 is 27.9. The van der Waals surface area contributed by atoms with Crippen LogP contribution in [0.3, 0.4) is 0 Å². The van der Waals surface area contributed by atoms with E-state index in [1.165, 1.54) is 12.1 Å². The summed E-state index contributed by atoms with van der Waals surface area (Å²) in [7, 11) is 0. The van der Waals surface area contributed by atoms with E-state index in [0.717, 1.165) is 5.56 Å². The summed E-state index contributed by atoms with van der Waals surface area (Å²) in [4.78, 5) is 11.2. The summed E-state index contributed by atoms with van der Waals surface area (Å²) in [6.45, 7) is -0.955. The summed E-state index contributed by atoms with van der Waals surface area (Å²) in [6, 6.07) is 5.45. The van der Waals surface area contributed by atoms with Crippen LogP contribution in [-0.2, 0) is 11.3 Å². The molecule has 0 heterocycles. The van der Waals surface area contributed by atoms with Crippen LogP contribution in [0.15, 0.2) is 24.3 Å². The number of ether oxygens (including phenoxy) is 1. The summed E-state index contributed by atoms with van der Waals surface area (Å²) >= 11 is 0. The lowest BCUT2D eigenvalue weighted by Crippen LogP contribution is -2.37. The van der Waals surface area contributed by atoms with Gasteiger partial charge in [-0.1, -0.05) is 12.1 Å². The third-order valence-electron chi connectivity index (χ3n) is 2.03. The highest BCUT2D eigenvalue weighted by molar-refractivity contribution is 5.85. The van der Waals surface area contributed by atoms with Gasteiger partial charge >= 0.3 is 6.61 Å². The number of carbonyl (C=O) groups excluding carboxylic acids is 1. The number of benzene rings is 1. The average Bonchev–Trinajstić information content (AvgIpc) is 2.26. The number of nitrogens with one attached hydrogen (secondary N) is 1. The Hall–Kier alpha value is -1.40. The highest BCUT2D eigenvalue weighted by atomic mass is 35.5. The van der Waals surface area contributed by atoms with Crippen molar-refractivity contribution in [2.75, 3.05) is 0 Å². The molecule has 1 aromatic rings. The second kappa shape index (κ2) is 7.84. The highest BCUT2D eigenvalue weighted by Crippen LogP contribution is 2.14. The fourth-order valence-corrected chi connectivity index (χ4v) is 1.14. The average molecular weight is 281 g/mol. The number of halogens is 3. The molecule has 0 aliphatic rings. The van der Waals surface area contributed by atoms with E-state index in [-0.39, 0.29) is 24.1 Å². The Labute approximate surface area is 110 Å². The van der Waals surface area contributed by atoms with E-state index in [1.807, 2.05) is 0 Å². The van der Waals surface area contributed by atoms with Crippen LogP contribution in [0.2, 0.25) is 0 Å². The molecule has 0 bridgehead atoms. The van der Waals surface area contributed by atoms with Crippen molar-refractivity contribution >= 4 is 18.3 Å². The van der Waals surface area contributed by atoms with E-state index in [1.54, 1.807) is 19.1 Å². The summed E-state index contributed by atoms with van der Waals surface area (Å²) in [5.74, 6) is -0.180. The summed E-state index contributed by atoms with van der Waals surface area (Å²) in [5.41, 5.74) is 6.14. The molecular weight excluding hydrogens is 266 g/mol. The number of rotatable bonds is 5.